The Balaban J connectivity index is 4.06. The van der Waals surface area contributed by atoms with Crippen LogP contribution in [-0.2, 0) is 9.53 Å². The van der Waals surface area contributed by atoms with Crippen molar-refractivity contribution in [3.8, 4) is 0 Å². The molecule has 0 spiro atoms. The smallest absolute Gasteiger partial charge is 0.352 e. The molecule has 0 rings (SSSR count). The van der Waals surface area contributed by atoms with Gasteiger partial charge in [-0.25, -0.2) is 4.79 Å². The highest BCUT2D eigenvalue weighted by Crippen LogP contribution is 2.09. The Hall–Kier alpha value is -0.860. The lowest BCUT2D eigenvalue weighted by molar-refractivity contribution is -0.146. The molecule has 1 N–H and O–H groups in total. The normalized spacial score (nSPS) is 11.5. The number of ether oxygens (including phenoxy) is 1. The Morgan fingerprint density at radius 2 is 2.00 bits per heavy atom. The maximum absolute atomic E-state index is 11.2. The molecule has 0 amide bonds. The van der Waals surface area contributed by atoms with Gasteiger partial charge in [-0.15, -0.1) is 0 Å². The first-order chi connectivity index (χ1) is 5.72. The van der Waals surface area contributed by atoms with Crippen molar-refractivity contribution in [3.05, 3.63) is 6.92 Å². The van der Waals surface area contributed by atoms with Crippen LogP contribution >= 0.6 is 0 Å². The first-order valence-corrected chi connectivity index (χ1v) is 4.36. The molecule has 3 nitrogen and oxygen atoms in total. The molecule has 13 heavy (non-hydrogen) atoms. The third-order valence-electron chi connectivity index (χ3n) is 1.20. The minimum Gasteiger partial charge on any atom is -0.456 e. The Morgan fingerprint density at radius 3 is 2.31 bits per heavy atom. The van der Waals surface area contributed by atoms with E-state index < -0.39 is 11.6 Å². The monoisotopic (exact) mass is 184 g/mol. The highest BCUT2D eigenvalue weighted by molar-refractivity contribution is 6.35. The van der Waals surface area contributed by atoms with Gasteiger partial charge in [-0.2, -0.15) is 0 Å². The first kappa shape index (κ1) is 12.1. The van der Waals surface area contributed by atoms with Gasteiger partial charge >= 0.3 is 5.97 Å². The van der Waals surface area contributed by atoms with Gasteiger partial charge in [0.05, 0.1) is 0 Å². The SMILES string of the molecule is [CH2]C(C)CC(=N)C(=O)OC(C)(C)C. The second-order valence-electron chi connectivity index (χ2n) is 4.29. The van der Waals surface area contributed by atoms with Crippen LogP contribution in [0.2, 0.25) is 0 Å². The van der Waals surface area contributed by atoms with Gasteiger partial charge in [-0.1, -0.05) is 13.8 Å². The molecule has 0 aromatic rings. The zero-order chi connectivity index (χ0) is 10.6. The van der Waals surface area contributed by atoms with E-state index in [1.165, 1.54) is 0 Å². The number of rotatable bonds is 3. The van der Waals surface area contributed by atoms with Crippen LogP contribution in [0.5, 0.6) is 0 Å². The van der Waals surface area contributed by atoms with E-state index in [2.05, 4.69) is 6.92 Å². The average Bonchev–Trinajstić information content (AvgIpc) is 1.81. The fourth-order valence-corrected chi connectivity index (χ4v) is 0.771. The lowest BCUT2D eigenvalue weighted by Gasteiger charge is -2.19. The standard InChI is InChI=1S/C10H18NO2/c1-7(2)6-8(11)9(12)13-10(3,4)5/h7,11H,1,6H2,2-5H3. The molecule has 0 aliphatic heterocycles. The van der Waals surface area contributed by atoms with Crippen LogP contribution in [0.25, 0.3) is 0 Å². The number of esters is 1. The second kappa shape index (κ2) is 4.40. The van der Waals surface area contributed by atoms with Crippen molar-refractivity contribution >= 4 is 11.7 Å². The quantitative estimate of drug-likeness (QED) is 0.540. The Bertz CT molecular complexity index is 201. The average molecular weight is 184 g/mol. The number of carbonyl (C=O) groups is 1. The molecule has 1 unspecified atom stereocenters. The van der Waals surface area contributed by atoms with Gasteiger partial charge in [-0.05, 0) is 33.1 Å². The van der Waals surface area contributed by atoms with E-state index in [-0.39, 0.29) is 11.6 Å². The second-order valence-corrected chi connectivity index (χ2v) is 4.29. The summed E-state index contributed by atoms with van der Waals surface area (Å²) in [5.41, 5.74) is -0.522. The molecule has 0 aliphatic rings. The lowest BCUT2D eigenvalue weighted by Crippen LogP contribution is -2.29. The largest absolute Gasteiger partial charge is 0.456 e. The van der Waals surface area contributed by atoms with Crippen molar-refractivity contribution in [3.63, 3.8) is 0 Å². The summed E-state index contributed by atoms with van der Waals surface area (Å²) in [6.07, 6.45) is 0.370. The highest BCUT2D eigenvalue weighted by Gasteiger charge is 2.20. The number of nitrogens with one attached hydrogen (secondary N) is 1. The molecule has 0 fully saturated rings. The van der Waals surface area contributed by atoms with Gasteiger partial charge in [-0.3, -0.25) is 5.41 Å². The molecule has 0 aromatic carbocycles. The van der Waals surface area contributed by atoms with Crippen LogP contribution in [0.15, 0.2) is 0 Å². The summed E-state index contributed by atoms with van der Waals surface area (Å²) >= 11 is 0. The molecular formula is C10H18NO2. The fraction of sp³-hybridized carbons (Fsp3) is 0.700. The molecular weight excluding hydrogens is 166 g/mol. The molecule has 75 valence electrons. The molecule has 0 saturated carbocycles. The third kappa shape index (κ3) is 6.31. The van der Waals surface area contributed by atoms with Gasteiger partial charge < -0.3 is 4.74 Å². The zero-order valence-electron chi connectivity index (χ0n) is 8.81. The minimum atomic E-state index is -0.539. The van der Waals surface area contributed by atoms with Crippen molar-refractivity contribution in [1.29, 1.82) is 5.41 Å². The first-order valence-electron chi connectivity index (χ1n) is 4.36. The van der Waals surface area contributed by atoms with E-state index >= 15 is 0 Å². The lowest BCUT2D eigenvalue weighted by atomic mass is 10.1. The van der Waals surface area contributed by atoms with Crippen LogP contribution in [0.1, 0.15) is 34.1 Å². The zero-order valence-corrected chi connectivity index (χ0v) is 8.81. The van der Waals surface area contributed by atoms with Gasteiger partial charge in [0.15, 0.2) is 0 Å². The fourth-order valence-electron chi connectivity index (χ4n) is 0.771. The number of hydrogen-bond donors (Lipinski definition) is 1. The van der Waals surface area contributed by atoms with Crippen molar-refractivity contribution in [2.75, 3.05) is 0 Å². The van der Waals surface area contributed by atoms with E-state index in [1.54, 1.807) is 20.8 Å². The Labute approximate surface area is 80.0 Å². The third-order valence-corrected chi connectivity index (χ3v) is 1.20. The van der Waals surface area contributed by atoms with Crippen LogP contribution in [0.3, 0.4) is 0 Å². The summed E-state index contributed by atoms with van der Waals surface area (Å²) in [6, 6.07) is 0. The Kier molecular flexibility index (Phi) is 4.11. The van der Waals surface area contributed by atoms with E-state index in [9.17, 15) is 4.79 Å². The van der Waals surface area contributed by atoms with Crippen LogP contribution in [0, 0.1) is 18.3 Å². The molecule has 1 atom stereocenters. The summed E-state index contributed by atoms with van der Waals surface area (Å²) in [7, 11) is 0. The van der Waals surface area contributed by atoms with Gasteiger partial charge in [0.25, 0.3) is 0 Å². The van der Waals surface area contributed by atoms with E-state index in [4.69, 9.17) is 10.1 Å². The summed E-state index contributed by atoms with van der Waals surface area (Å²) in [5.74, 6) is -0.469. The molecule has 1 radical (unpaired) electrons. The predicted molar refractivity (Wildman–Crippen MR) is 52.7 cm³/mol. The topological polar surface area (TPSA) is 50.2 Å². The molecule has 0 bridgehead atoms. The molecule has 0 saturated heterocycles. The van der Waals surface area contributed by atoms with Crippen LogP contribution < -0.4 is 0 Å². The van der Waals surface area contributed by atoms with Gasteiger partial charge in [0, 0.05) is 0 Å². The van der Waals surface area contributed by atoms with Gasteiger partial charge in [0.1, 0.15) is 11.3 Å². The van der Waals surface area contributed by atoms with Crippen molar-refractivity contribution in [2.45, 2.75) is 39.7 Å². The Morgan fingerprint density at radius 1 is 1.54 bits per heavy atom. The maximum Gasteiger partial charge on any atom is 0.352 e. The van der Waals surface area contributed by atoms with Gasteiger partial charge in [0.2, 0.25) is 0 Å². The molecule has 0 heterocycles. The van der Waals surface area contributed by atoms with E-state index in [1.807, 2.05) is 6.92 Å². The van der Waals surface area contributed by atoms with Crippen LogP contribution in [-0.4, -0.2) is 17.3 Å². The van der Waals surface area contributed by atoms with Crippen molar-refractivity contribution < 1.29 is 9.53 Å². The molecule has 3 heteroatoms. The summed E-state index contributed by atoms with van der Waals surface area (Å²) in [5, 5.41) is 7.39. The highest BCUT2D eigenvalue weighted by atomic mass is 16.6. The predicted octanol–water partition coefficient (Wildman–Crippen LogP) is 2.21. The number of hydrogen-bond acceptors (Lipinski definition) is 3. The molecule has 0 aliphatic carbocycles. The number of carbonyl (C=O) groups excluding carboxylic acids is 1. The van der Waals surface area contributed by atoms with E-state index in [0.29, 0.717) is 6.42 Å². The van der Waals surface area contributed by atoms with Crippen LogP contribution in [0.4, 0.5) is 0 Å². The van der Waals surface area contributed by atoms with Crippen molar-refractivity contribution in [1.82, 2.24) is 0 Å². The summed E-state index contributed by atoms with van der Waals surface area (Å²) in [6.45, 7) is 10.9. The van der Waals surface area contributed by atoms with Crippen molar-refractivity contribution in [2.24, 2.45) is 5.92 Å². The summed E-state index contributed by atoms with van der Waals surface area (Å²) in [4.78, 5) is 11.2. The van der Waals surface area contributed by atoms with E-state index in [0.717, 1.165) is 0 Å². The maximum atomic E-state index is 11.2. The minimum absolute atomic E-state index is 0.00238. The molecule has 0 aromatic heterocycles. The summed E-state index contributed by atoms with van der Waals surface area (Å²) < 4.78 is 5.01.